The predicted molar refractivity (Wildman–Crippen MR) is 131 cm³/mol. The number of nitrogens with one attached hydrogen (secondary N) is 1. The third-order valence-electron chi connectivity index (χ3n) is 6.88. The van der Waals surface area contributed by atoms with Crippen LogP contribution < -0.4 is 15.4 Å². The Balaban J connectivity index is 1.18. The van der Waals surface area contributed by atoms with Crippen molar-refractivity contribution in [3.05, 3.63) is 59.7 Å². The summed E-state index contributed by atoms with van der Waals surface area (Å²) in [7, 11) is -3.43. The minimum absolute atomic E-state index is 0.217. The lowest BCUT2D eigenvalue weighted by Gasteiger charge is -2.36. The minimum atomic E-state index is -3.43. The molecule has 0 bridgehead atoms. The predicted octanol–water partition coefficient (Wildman–Crippen LogP) is 2.39. The fourth-order valence-electron chi connectivity index (χ4n) is 4.50. The largest absolute Gasteiger partial charge is 0.369 e. The van der Waals surface area contributed by atoms with E-state index in [0.717, 1.165) is 75.2 Å². The highest BCUT2D eigenvalue weighted by molar-refractivity contribution is 7.89. The number of anilines is 1. The number of carbonyl (C=O) groups is 1. The molecule has 7 nitrogen and oxygen atoms in total. The Morgan fingerprint density at radius 2 is 1.73 bits per heavy atom. The second kappa shape index (κ2) is 9.83. The smallest absolute Gasteiger partial charge is 0.240 e. The van der Waals surface area contributed by atoms with E-state index in [2.05, 4.69) is 26.7 Å². The van der Waals surface area contributed by atoms with Crippen molar-refractivity contribution in [3.8, 4) is 0 Å². The maximum atomic E-state index is 12.4. The molecule has 2 aromatic rings. The number of nitrogens with two attached hydrogens (primary N) is 1. The van der Waals surface area contributed by atoms with Gasteiger partial charge in [0.2, 0.25) is 15.9 Å². The van der Waals surface area contributed by atoms with Gasteiger partial charge in [0.15, 0.2) is 0 Å². The van der Waals surface area contributed by atoms with Crippen LogP contribution >= 0.6 is 0 Å². The second-order valence-electron chi connectivity index (χ2n) is 9.24. The highest BCUT2D eigenvalue weighted by atomic mass is 32.2. The third kappa shape index (κ3) is 5.57. The normalized spacial score (nSPS) is 18.3. The van der Waals surface area contributed by atoms with Gasteiger partial charge < -0.3 is 10.6 Å². The second-order valence-corrected chi connectivity index (χ2v) is 11.0. The van der Waals surface area contributed by atoms with Gasteiger partial charge in [-0.05, 0) is 69.0 Å². The molecular formula is C25H34N4O3S. The molecule has 1 amide bonds. The van der Waals surface area contributed by atoms with E-state index in [0.29, 0.717) is 11.4 Å². The number of aryl methyl sites for hydroxylation is 1. The van der Waals surface area contributed by atoms with Crippen molar-refractivity contribution in [2.75, 3.05) is 44.2 Å². The summed E-state index contributed by atoms with van der Waals surface area (Å²) in [6, 6.07) is 15.2. The number of hydrogen-bond acceptors (Lipinski definition) is 5. The summed E-state index contributed by atoms with van der Waals surface area (Å²) in [5.41, 5.74) is 8.44. The maximum Gasteiger partial charge on any atom is 0.240 e. The summed E-state index contributed by atoms with van der Waals surface area (Å²) in [6.45, 7) is 7.17. The van der Waals surface area contributed by atoms with E-state index in [1.165, 1.54) is 0 Å². The molecule has 0 spiro atoms. The number of amides is 1. The summed E-state index contributed by atoms with van der Waals surface area (Å²) in [5, 5.41) is 0. The highest BCUT2D eigenvalue weighted by Gasteiger charge is 2.50. The molecule has 2 aromatic carbocycles. The van der Waals surface area contributed by atoms with E-state index in [4.69, 9.17) is 5.73 Å². The summed E-state index contributed by atoms with van der Waals surface area (Å²) < 4.78 is 27.4. The first-order valence-corrected chi connectivity index (χ1v) is 13.2. The Kier molecular flexibility index (Phi) is 7.07. The lowest BCUT2D eigenvalue weighted by atomic mass is 9.94. The van der Waals surface area contributed by atoms with Crippen molar-refractivity contribution in [2.45, 2.75) is 42.9 Å². The van der Waals surface area contributed by atoms with Crippen molar-refractivity contribution >= 4 is 21.6 Å². The topological polar surface area (TPSA) is 95.7 Å². The van der Waals surface area contributed by atoms with Gasteiger partial charge in [0.05, 0.1) is 10.3 Å². The summed E-state index contributed by atoms with van der Waals surface area (Å²) >= 11 is 0. The zero-order valence-electron chi connectivity index (χ0n) is 19.3. The van der Waals surface area contributed by atoms with E-state index >= 15 is 0 Å². The van der Waals surface area contributed by atoms with Gasteiger partial charge in [-0.15, -0.1) is 0 Å². The van der Waals surface area contributed by atoms with Crippen LogP contribution in [0.4, 0.5) is 5.69 Å². The molecule has 1 saturated carbocycles. The molecule has 1 saturated heterocycles. The number of carbonyl (C=O) groups excluding carboxylic acids is 1. The zero-order valence-corrected chi connectivity index (χ0v) is 20.1. The molecule has 0 atom stereocenters. The molecule has 3 N–H and O–H groups in total. The molecule has 33 heavy (non-hydrogen) atoms. The average Bonchev–Trinajstić information content (AvgIpc) is 3.62. The van der Waals surface area contributed by atoms with E-state index in [9.17, 15) is 13.2 Å². The molecule has 1 aliphatic heterocycles. The van der Waals surface area contributed by atoms with E-state index < -0.39 is 15.4 Å². The van der Waals surface area contributed by atoms with Crippen LogP contribution in [0.3, 0.4) is 0 Å². The maximum absolute atomic E-state index is 12.4. The third-order valence-corrected chi connectivity index (χ3v) is 8.36. The molecule has 1 heterocycles. The molecule has 2 aliphatic rings. The van der Waals surface area contributed by atoms with E-state index in [1.54, 1.807) is 12.1 Å². The van der Waals surface area contributed by atoms with Crippen LogP contribution in [0.2, 0.25) is 0 Å². The molecule has 178 valence electrons. The number of unbranched alkanes of at least 4 members (excludes halogenated alkanes) is 1. The number of piperazine rings is 1. The van der Waals surface area contributed by atoms with Gasteiger partial charge in [0.1, 0.15) is 0 Å². The van der Waals surface area contributed by atoms with Gasteiger partial charge in [-0.1, -0.05) is 29.8 Å². The van der Waals surface area contributed by atoms with E-state index in [1.807, 2.05) is 31.2 Å². The molecule has 4 rings (SSSR count). The molecule has 0 aromatic heterocycles. The lowest BCUT2D eigenvalue weighted by Crippen LogP contribution is -2.46. The van der Waals surface area contributed by atoms with Crippen LogP contribution in [0.1, 0.15) is 36.8 Å². The quantitative estimate of drug-likeness (QED) is 0.520. The Hall–Kier alpha value is -2.42. The Morgan fingerprint density at radius 3 is 2.36 bits per heavy atom. The van der Waals surface area contributed by atoms with Gasteiger partial charge in [0, 0.05) is 38.4 Å². The molecule has 0 radical (unpaired) electrons. The van der Waals surface area contributed by atoms with Crippen molar-refractivity contribution in [1.29, 1.82) is 0 Å². The van der Waals surface area contributed by atoms with Gasteiger partial charge in [0.25, 0.3) is 0 Å². The van der Waals surface area contributed by atoms with Crippen molar-refractivity contribution < 1.29 is 13.2 Å². The van der Waals surface area contributed by atoms with Crippen molar-refractivity contribution in [1.82, 2.24) is 9.62 Å². The Morgan fingerprint density at radius 1 is 1.03 bits per heavy atom. The van der Waals surface area contributed by atoms with Crippen LogP contribution in [0.15, 0.2) is 53.4 Å². The van der Waals surface area contributed by atoms with E-state index in [-0.39, 0.29) is 5.91 Å². The number of rotatable bonds is 10. The van der Waals surface area contributed by atoms with Crippen LogP contribution in [-0.2, 0) is 20.2 Å². The number of sulfonamides is 1. The average molecular weight is 471 g/mol. The lowest BCUT2D eigenvalue weighted by molar-refractivity contribution is -0.120. The number of primary amides is 1. The molecule has 1 aliphatic carbocycles. The minimum Gasteiger partial charge on any atom is -0.369 e. The number of benzene rings is 2. The zero-order chi connectivity index (χ0) is 23.5. The van der Waals surface area contributed by atoms with Crippen molar-refractivity contribution in [2.24, 2.45) is 5.73 Å². The summed E-state index contributed by atoms with van der Waals surface area (Å²) in [4.78, 5) is 17.0. The summed E-state index contributed by atoms with van der Waals surface area (Å²) in [5.74, 6) is -0.217. The van der Waals surface area contributed by atoms with Gasteiger partial charge in [-0.25, -0.2) is 13.1 Å². The molecule has 8 heteroatoms. The first-order valence-electron chi connectivity index (χ1n) is 11.7. The van der Waals surface area contributed by atoms with Crippen LogP contribution in [0.5, 0.6) is 0 Å². The Labute approximate surface area is 197 Å². The summed E-state index contributed by atoms with van der Waals surface area (Å²) in [6.07, 6.45) is 3.46. The highest BCUT2D eigenvalue weighted by Crippen LogP contribution is 2.48. The van der Waals surface area contributed by atoms with Crippen LogP contribution in [0.25, 0.3) is 0 Å². The number of nitrogens with zero attached hydrogens (tertiary/aromatic N) is 2. The van der Waals surface area contributed by atoms with Gasteiger partial charge in [-0.3, -0.25) is 9.69 Å². The number of hydrogen-bond donors (Lipinski definition) is 2. The van der Waals surface area contributed by atoms with Crippen LogP contribution in [0, 0.1) is 6.92 Å². The Bertz CT molecular complexity index is 1070. The standard InChI is InChI=1S/C25H34N4O3S/c1-20-7-9-23(10-8-20)33(31,32)27-13-2-3-14-28-15-17-29(18-16-28)22-6-4-5-21(19-22)25(11-12-25)24(26)30/h4-10,19,27H,2-3,11-18H2,1H3,(H2,26,30). The first kappa shape index (κ1) is 23.7. The fourth-order valence-corrected chi connectivity index (χ4v) is 5.57. The monoisotopic (exact) mass is 470 g/mol. The molecule has 2 fully saturated rings. The van der Waals surface area contributed by atoms with Gasteiger partial charge >= 0.3 is 0 Å². The SMILES string of the molecule is Cc1ccc(S(=O)(=O)NCCCCN2CCN(c3cccc(C4(C(N)=O)CC4)c3)CC2)cc1. The van der Waals surface area contributed by atoms with Crippen LogP contribution in [-0.4, -0.2) is 58.5 Å². The first-order chi connectivity index (χ1) is 15.8. The van der Waals surface area contributed by atoms with Gasteiger partial charge in [-0.2, -0.15) is 0 Å². The molecule has 0 unspecified atom stereocenters. The fraction of sp³-hybridized carbons (Fsp3) is 0.480. The molecular weight excluding hydrogens is 436 g/mol. The van der Waals surface area contributed by atoms with Crippen molar-refractivity contribution in [3.63, 3.8) is 0 Å².